The van der Waals surface area contributed by atoms with Crippen LogP contribution >= 0.6 is 0 Å². The Hall–Kier alpha value is -1.53. The van der Waals surface area contributed by atoms with Crippen LogP contribution in [0.4, 0.5) is 0 Å². The zero-order valence-corrected chi connectivity index (χ0v) is 17.1. The maximum atomic E-state index is 13.6. The lowest BCUT2D eigenvalue weighted by molar-refractivity contribution is -0.315. The van der Waals surface area contributed by atoms with Crippen LogP contribution in [0.5, 0.6) is 0 Å². The van der Waals surface area contributed by atoms with Gasteiger partial charge in [-0.25, -0.2) is 0 Å². The molecule has 2 atom stereocenters. The van der Waals surface area contributed by atoms with Crippen LogP contribution in [0.2, 0.25) is 0 Å². The van der Waals surface area contributed by atoms with Gasteiger partial charge in [0.1, 0.15) is 0 Å². The van der Waals surface area contributed by atoms with Crippen LogP contribution in [0, 0.1) is 5.41 Å². The molecule has 28 heavy (non-hydrogen) atoms. The standard InChI is InChI=1S/C23H28O4S/c1-2-22(15-24)16-26-23(27-17-22)13-20(18-9-5-3-6-10-18)28(25)21(14-23)19-11-7-4-8-12-19/h3-12,20-21,24H,2,13-17H2,1H3. The molecule has 1 spiro atoms. The summed E-state index contributed by atoms with van der Waals surface area (Å²) in [6.07, 6.45) is 1.94. The minimum Gasteiger partial charge on any atom is -0.396 e. The van der Waals surface area contributed by atoms with E-state index in [0.717, 1.165) is 17.5 Å². The molecule has 2 unspecified atom stereocenters. The molecule has 4 rings (SSSR count). The van der Waals surface area contributed by atoms with Gasteiger partial charge in [-0.2, -0.15) is 0 Å². The van der Waals surface area contributed by atoms with Gasteiger partial charge in [-0.15, -0.1) is 0 Å². The Morgan fingerprint density at radius 1 is 0.929 bits per heavy atom. The highest BCUT2D eigenvalue weighted by atomic mass is 32.2. The molecule has 0 aromatic heterocycles. The summed E-state index contributed by atoms with van der Waals surface area (Å²) in [5, 5.41) is 9.52. The van der Waals surface area contributed by atoms with E-state index in [1.54, 1.807) is 0 Å². The minimum atomic E-state index is -1.08. The molecule has 150 valence electrons. The van der Waals surface area contributed by atoms with E-state index in [1.807, 2.05) is 60.7 Å². The molecule has 2 aliphatic heterocycles. The van der Waals surface area contributed by atoms with E-state index in [-0.39, 0.29) is 22.5 Å². The summed E-state index contributed by atoms with van der Waals surface area (Å²) in [5.41, 5.74) is 1.77. The number of aliphatic hydroxyl groups is 1. The molecular formula is C23H28O4S. The molecule has 0 bridgehead atoms. The second kappa shape index (κ2) is 8.07. The third-order valence-corrected chi connectivity index (χ3v) is 8.26. The average Bonchev–Trinajstić information content (AvgIpc) is 2.77. The third-order valence-electron chi connectivity index (χ3n) is 6.26. The predicted molar refractivity (Wildman–Crippen MR) is 110 cm³/mol. The molecule has 2 saturated heterocycles. The molecule has 5 heteroatoms. The maximum Gasteiger partial charge on any atom is 0.171 e. The van der Waals surface area contributed by atoms with E-state index >= 15 is 0 Å². The maximum absolute atomic E-state index is 13.6. The summed E-state index contributed by atoms with van der Waals surface area (Å²) in [7, 11) is -1.08. The molecule has 1 N–H and O–H groups in total. The SMILES string of the molecule is CCC1(CO)COC2(CC(c3ccccc3)S(=O)C(c3ccccc3)C2)OC1. The van der Waals surface area contributed by atoms with E-state index in [4.69, 9.17) is 9.47 Å². The fourth-order valence-electron chi connectivity index (χ4n) is 4.15. The Bertz CT molecular complexity index is 740. The lowest BCUT2D eigenvalue weighted by atomic mass is 9.85. The smallest absolute Gasteiger partial charge is 0.171 e. The first-order valence-corrected chi connectivity index (χ1v) is 11.3. The van der Waals surface area contributed by atoms with Crippen molar-refractivity contribution in [2.75, 3.05) is 19.8 Å². The second-order valence-corrected chi connectivity index (χ2v) is 9.83. The van der Waals surface area contributed by atoms with Crippen molar-refractivity contribution in [3.05, 3.63) is 71.8 Å². The van der Waals surface area contributed by atoms with Gasteiger partial charge in [-0.05, 0) is 17.5 Å². The van der Waals surface area contributed by atoms with Gasteiger partial charge >= 0.3 is 0 Å². The third kappa shape index (κ3) is 3.69. The highest BCUT2D eigenvalue weighted by molar-refractivity contribution is 7.85. The van der Waals surface area contributed by atoms with Crippen LogP contribution in [0.25, 0.3) is 0 Å². The van der Waals surface area contributed by atoms with Crippen LogP contribution in [0.15, 0.2) is 60.7 Å². The van der Waals surface area contributed by atoms with Crippen LogP contribution in [0.1, 0.15) is 47.8 Å². The topological polar surface area (TPSA) is 55.8 Å². The Kier molecular flexibility index (Phi) is 5.70. The highest BCUT2D eigenvalue weighted by Gasteiger charge is 2.52. The van der Waals surface area contributed by atoms with Crippen LogP contribution in [-0.2, 0) is 20.3 Å². The summed E-state index contributed by atoms with van der Waals surface area (Å²) < 4.78 is 26.2. The molecule has 2 aromatic rings. The fraction of sp³-hybridized carbons (Fsp3) is 0.478. The Morgan fingerprint density at radius 2 is 1.39 bits per heavy atom. The molecule has 4 nitrogen and oxygen atoms in total. The Labute approximate surface area is 169 Å². The largest absolute Gasteiger partial charge is 0.396 e. The van der Waals surface area contributed by atoms with Gasteiger partial charge < -0.3 is 14.6 Å². The van der Waals surface area contributed by atoms with Crippen molar-refractivity contribution >= 4 is 10.8 Å². The van der Waals surface area contributed by atoms with E-state index in [1.165, 1.54) is 0 Å². The van der Waals surface area contributed by atoms with Crippen LogP contribution in [0.3, 0.4) is 0 Å². The van der Waals surface area contributed by atoms with Crippen molar-refractivity contribution in [3.63, 3.8) is 0 Å². The number of ether oxygens (including phenoxy) is 2. The van der Waals surface area contributed by atoms with Gasteiger partial charge in [0.25, 0.3) is 0 Å². The van der Waals surface area contributed by atoms with Crippen LogP contribution in [-0.4, -0.2) is 34.9 Å². The van der Waals surface area contributed by atoms with Gasteiger partial charge in [0.05, 0.1) is 30.3 Å². The van der Waals surface area contributed by atoms with Crippen molar-refractivity contribution in [1.29, 1.82) is 0 Å². The van der Waals surface area contributed by atoms with Gasteiger partial charge in [0.2, 0.25) is 0 Å². The quantitative estimate of drug-likeness (QED) is 0.838. The molecule has 2 heterocycles. The Balaban J connectivity index is 1.67. The van der Waals surface area contributed by atoms with Crippen molar-refractivity contribution in [2.24, 2.45) is 5.41 Å². The first-order chi connectivity index (χ1) is 13.6. The van der Waals surface area contributed by atoms with E-state index in [9.17, 15) is 9.32 Å². The second-order valence-electron chi connectivity index (χ2n) is 8.04. The summed E-state index contributed by atoms with van der Waals surface area (Å²) in [6.45, 7) is 3.04. The predicted octanol–water partition coefficient (Wildman–Crippen LogP) is 4.14. The lowest BCUT2D eigenvalue weighted by Gasteiger charge is -2.50. The first-order valence-electron chi connectivity index (χ1n) is 9.98. The number of rotatable bonds is 4. The summed E-state index contributed by atoms with van der Waals surface area (Å²) in [5.74, 6) is -0.761. The van der Waals surface area contributed by atoms with Gasteiger partial charge in [-0.3, -0.25) is 4.21 Å². The molecular weight excluding hydrogens is 372 g/mol. The number of hydrogen-bond acceptors (Lipinski definition) is 4. The monoisotopic (exact) mass is 400 g/mol. The van der Waals surface area contributed by atoms with Crippen molar-refractivity contribution in [3.8, 4) is 0 Å². The van der Waals surface area contributed by atoms with E-state index < -0.39 is 16.6 Å². The molecule has 0 aliphatic carbocycles. The molecule has 2 fully saturated rings. The molecule has 0 saturated carbocycles. The molecule has 0 amide bonds. The molecule has 2 aromatic carbocycles. The zero-order valence-electron chi connectivity index (χ0n) is 16.3. The highest BCUT2D eigenvalue weighted by Crippen LogP contribution is 2.50. The number of aliphatic hydroxyl groups excluding tert-OH is 1. The van der Waals surface area contributed by atoms with Gasteiger partial charge in [-0.1, -0.05) is 67.6 Å². The normalized spacial score (nSPS) is 35.7. The van der Waals surface area contributed by atoms with Crippen LogP contribution < -0.4 is 0 Å². The lowest BCUT2D eigenvalue weighted by Crippen LogP contribution is -2.54. The Morgan fingerprint density at radius 3 is 1.79 bits per heavy atom. The van der Waals surface area contributed by atoms with Crippen molar-refractivity contribution in [2.45, 2.75) is 42.5 Å². The van der Waals surface area contributed by atoms with Crippen molar-refractivity contribution in [1.82, 2.24) is 0 Å². The fourth-order valence-corrected chi connectivity index (χ4v) is 6.23. The summed E-state index contributed by atoms with van der Waals surface area (Å²) >= 11 is 0. The summed E-state index contributed by atoms with van der Waals surface area (Å²) in [6, 6.07) is 20.1. The van der Waals surface area contributed by atoms with Crippen molar-refractivity contribution < 1.29 is 18.8 Å². The first kappa shape index (κ1) is 19.8. The summed E-state index contributed by atoms with van der Waals surface area (Å²) in [4.78, 5) is 0. The minimum absolute atomic E-state index is 0.0513. The van der Waals surface area contributed by atoms with E-state index in [2.05, 4.69) is 6.92 Å². The molecule has 0 radical (unpaired) electrons. The number of benzene rings is 2. The average molecular weight is 401 g/mol. The van der Waals surface area contributed by atoms with E-state index in [0.29, 0.717) is 26.1 Å². The van der Waals surface area contributed by atoms with Gasteiger partial charge in [0, 0.05) is 29.1 Å². The molecule has 2 aliphatic rings. The zero-order chi connectivity index (χ0) is 19.6. The van der Waals surface area contributed by atoms with Gasteiger partial charge in [0.15, 0.2) is 5.79 Å². The number of hydrogen-bond donors (Lipinski definition) is 1.